The molecule has 150 valence electrons. The summed E-state index contributed by atoms with van der Waals surface area (Å²) >= 11 is 6.14. The van der Waals surface area contributed by atoms with Gasteiger partial charge in [0.1, 0.15) is 18.7 Å². The highest BCUT2D eigenvalue weighted by Gasteiger charge is 2.33. The molecule has 3 heterocycles. The van der Waals surface area contributed by atoms with Crippen LogP contribution in [0.5, 0.6) is 0 Å². The maximum Gasteiger partial charge on any atom is 0.246 e. The van der Waals surface area contributed by atoms with Crippen LogP contribution < -0.4 is 4.90 Å². The molecule has 0 spiro atoms. The van der Waals surface area contributed by atoms with E-state index in [2.05, 4.69) is 16.9 Å². The number of likely N-dealkylation sites (tertiary alicyclic amines) is 1. The molecule has 0 saturated carbocycles. The summed E-state index contributed by atoms with van der Waals surface area (Å²) in [6, 6.07) is 5.42. The van der Waals surface area contributed by atoms with Crippen molar-refractivity contribution in [2.45, 2.75) is 32.2 Å². The van der Waals surface area contributed by atoms with Crippen LogP contribution in [0.2, 0.25) is 5.28 Å². The molecule has 1 aliphatic rings. The van der Waals surface area contributed by atoms with Gasteiger partial charge in [-0.15, -0.1) is 0 Å². The number of nitrogens with zero attached hydrogens (tertiary/aromatic N) is 7. The van der Waals surface area contributed by atoms with E-state index in [9.17, 15) is 9.59 Å². The van der Waals surface area contributed by atoms with Crippen LogP contribution in [0.25, 0.3) is 11.0 Å². The SMILES string of the molecule is C[C@@H]1CCN(C(=O)CC#N)C[C@@H]1N(C)c1nc(Cl)nc2c1ccn2C(=O)CC#N. The summed E-state index contributed by atoms with van der Waals surface area (Å²) < 4.78 is 1.30. The van der Waals surface area contributed by atoms with Crippen LogP contribution in [0.15, 0.2) is 12.3 Å². The standard InChI is InChI=1S/C19H20ClN7O2/c1-12-5-9-26(15(28)3-7-21)11-14(12)25(2)17-13-6-10-27(16(29)4-8-22)18(13)24-19(20)23-17/h6,10,12,14H,3-5,9,11H2,1-2H3/t12-,14+/m1/s1. The first-order valence-electron chi connectivity index (χ1n) is 9.19. The number of carbonyl (C=O) groups is 2. The second kappa shape index (κ2) is 8.46. The first kappa shape index (κ1) is 20.6. The number of halogens is 1. The normalized spacial score (nSPS) is 18.9. The van der Waals surface area contributed by atoms with Crippen molar-refractivity contribution in [2.75, 3.05) is 25.0 Å². The van der Waals surface area contributed by atoms with E-state index >= 15 is 0 Å². The van der Waals surface area contributed by atoms with Crippen molar-refractivity contribution < 1.29 is 9.59 Å². The number of carbonyl (C=O) groups excluding carboxylic acids is 2. The van der Waals surface area contributed by atoms with Gasteiger partial charge < -0.3 is 9.80 Å². The van der Waals surface area contributed by atoms with Gasteiger partial charge in [-0.2, -0.15) is 20.5 Å². The van der Waals surface area contributed by atoms with E-state index in [1.807, 2.05) is 24.1 Å². The number of likely N-dealkylation sites (N-methyl/N-ethyl adjacent to an activating group) is 1. The first-order chi connectivity index (χ1) is 13.9. The van der Waals surface area contributed by atoms with Crippen LogP contribution in [0.1, 0.15) is 31.0 Å². The number of fused-ring (bicyclic) bond motifs is 1. The van der Waals surface area contributed by atoms with Gasteiger partial charge >= 0.3 is 0 Å². The number of hydrogen-bond donors (Lipinski definition) is 0. The lowest BCUT2D eigenvalue weighted by atomic mass is 9.92. The summed E-state index contributed by atoms with van der Waals surface area (Å²) in [6.45, 7) is 3.19. The molecule has 1 amide bonds. The average molecular weight is 414 g/mol. The Balaban J connectivity index is 1.97. The highest BCUT2D eigenvalue weighted by atomic mass is 35.5. The Morgan fingerprint density at radius 3 is 2.66 bits per heavy atom. The monoisotopic (exact) mass is 413 g/mol. The predicted octanol–water partition coefficient (Wildman–Crippen LogP) is 2.23. The zero-order valence-corrected chi connectivity index (χ0v) is 16.9. The van der Waals surface area contributed by atoms with E-state index in [-0.39, 0.29) is 36.0 Å². The largest absolute Gasteiger partial charge is 0.354 e. The molecule has 2 aromatic heterocycles. The Kier molecular flexibility index (Phi) is 6.00. The lowest BCUT2D eigenvalue weighted by molar-refractivity contribution is -0.131. The number of rotatable bonds is 4. The molecule has 0 aromatic carbocycles. The van der Waals surface area contributed by atoms with Gasteiger partial charge in [0, 0.05) is 26.3 Å². The third-order valence-electron chi connectivity index (χ3n) is 5.33. The number of aromatic nitrogens is 3. The van der Waals surface area contributed by atoms with Crippen molar-refractivity contribution in [1.82, 2.24) is 19.4 Å². The third-order valence-corrected chi connectivity index (χ3v) is 5.50. The molecule has 1 saturated heterocycles. The first-order valence-corrected chi connectivity index (χ1v) is 9.57. The maximum absolute atomic E-state index is 12.2. The number of amides is 1. The molecule has 9 nitrogen and oxygen atoms in total. The minimum absolute atomic E-state index is 0.00932. The number of nitriles is 2. The number of piperidine rings is 1. The van der Waals surface area contributed by atoms with Gasteiger partial charge in [-0.05, 0) is 30.0 Å². The average Bonchev–Trinajstić information content (AvgIpc) is 3.11. The molecule has 10 heteroatoms. The second-order valence-corrected chi connectivity index (χ2v) is 7.42. The van der Waals surface area contributed by atoms with E-state index < -0.39 is 5.91 Å². The molecule has 1 aliphatic heterocycles. The molecule has 3 rings (SSSR count). The fourth-order valence-electron chi connectivity index (χ4n) is 3.71. The Hall–Kier alpha value is -3.17. The van der Waals surface area contributed by atoms with Crippen LogP contribution in [0.3, 0.4) is 0 Å². The molecule has 29 heavy (non-hydrogen) atoms. The maximum atomic E-state index is 12.2. The van der Waals surface area contributed by atoms with Gasteiger partial charge in [-0.1, -0.05) is 6.92 Å². The van der Waals surface area contributed by atoms with Gasteiger partial charge in [0.15, 0.2) is 5.65 Å². The van der Waals surface area contributed by atoms with Gasteiger partial charge in [0.25, 0.3) is 0 Å². The summed E-state index contributed by atoms with van der Waals surface area (Å²) in [5, 5.41) is 18.3. The van der Waals surface area contributed by atoms with Gasteiger partial charge in [-0.25, -0.2) is 0 Å². The Bertz CT molecular complexity index is 1040. The van der Waals surface area contributed by atoms with Crippen molar-refractivity contribution in [3.63, 3.8) is 0 Å². The molecule has 0 N–H and O–H groups in total. The minimum atomic E-state index is -0.398. The molecule has 0 unspecified atom stereocenters. The summed E-state index contributed by atoms with van der Waals surface area (Å²) in [6.07, 6.45) is 1.94. The van der Waals surface area contributed by atoms with Crippen molar-refractivity contribution >= 4 is 40.3 Å². The minimum Gasteiger partial charge on any atom is -0.354 e. The number of anilines is 1. The molecular weight excluding hydrogens is 394 g/mol. The fourth-order valence-corrected chi connectivity index (χ4v) is 3.87. The Morgan fingerprint density at radius 2 is 1.97 bits per heavy atom. The lowest BCUT2D eigenvalue weighted by Gasteiger charge is -2.42. The topological polar surface area (TPSA) is 119 Å². The Morgan fingerprint density at radius 1 is 1.28 bits per heavy atom. The van der Waals surface area contributed by atoms with Gasteiger partial charge in [-0.3, -0.25) is 14.2 Å². The van der Waals surface area contributed by atoms with Gasteiger partial charge in [0.2, 0.25) is 17.1 Å². The quantitative estimate of drug-likeness (QED) is 0.705. The molecule has 2 atom stereocenters. The van der Waals surface area contributed by atoms with E-state index in [4.69, 9.17) is 22.1 Å². The fraction of sp³-hybridized carbons (Fsp3) is 0.474. The van der Waals surface area contributed by atoms with Crippen LogP contribution >= 0.6 is 11.6 Å². The molecule has 0 aliphatic carbocycles. The molecule has 0 radical (unpaired) electrons. The summed E-state index contributed by atoms with van der Waals surface area (Å²) in [5.74, 6) is 0.245. The zero-order valence-electron chi connectivity index (χ0n) is 16.2. The molecule has 1 fully saturated rings. The van der Waals surface area contributed by atoms with Crippen molar-refractivity contribution in [3.05, 3.63) is 17.5 Å². The van der Waals surface area contributed by atoms with Crippen molar-refractivity contribution in [2.24, 2.45) is 5.92 Å². The Labute approximate surface area is 173 Å². The van der Waals surface area contributed by atoms with Crippen LogP contribution in [-0.4, -0.2) is 57.4 Å². The molecule has 0 bridgehead atoms. The van der Waals surface area contributed by atoms with Gasteiger partial charge in [0.05, 0.1) is 23.6 Å². The summed E-state index contributed by atoms with van der Waals surface area (Å²) in [5.41, 5.74) is 0.341. The van der Waals surface area contributed by atoms with Crippen molar-refractivity contribution in [1.29, 1.82) is 10.5 Å². The smallest absolute Gasteiger partial charge is 0.246 e. The zero-order chi connectivity index (χ0) is 21.1. The summed E-state index contributed by atoms with van der Waals surface area (Å²) in [7, 11) is 1.87. The predicted molar refractivity (Wildman–Crippen MR) is 106 cm³/mol. The summed E-state index contributed by atoms with van der Waals surface area (Å²) in [4.78, 5) is 36.6. The second-order valence-electron chi connectivity index (χ2n) is 7.09. The molecular formula is C19H20ClN7O2. The highest BCUT2D eigenvalue weighted by molar-refractivity contribution is 6.28. The van der Waals surface area contributed by atoms with Crippen molar-refractivity contribution in [3.8, 4) is 12.1 Å². The van der Waals surface area contributed by atoms with E-state index in [1.165, 1.54) is 4.57 Å². The van der Waals surface area contributed by atoms with E-state index in [0.717, 1.165) is 6.42 Å². The van der Waals surface area contributed by atoms with Crippen LogP contribution in [-0.2, 0) is 4.79 Å². The van der Waals surface area contributed by atoms with E-state index in [0.29, 0.717) is 29.9 Å². The highest BCUT2D eigenvalue weighted by Crippen LogP contribution is 2.31. The van der Waals surface area contributed by atoms with Crippen LogP contribution in [0, 0.1) is 28.6 Å². The third kappa shape index (κ3) is 4.01. The van der Waals surface area contributed by atoms with E-state index in [1.54, 1.807) is 17.2 Å². The van der Waals surface area contributed by atoms with Crippen LogP contribution in [0.4, 0.5) is 5.82 Å². The number of hydrogen-bond acceptors (Lipinski definition) is 7. The lowest BCUT2D eigenvalue weighted by Crippen LogP contribution is -2.52. The molecule has 2 aromatic rings.